The normalized spacial score (nSPS) is 11.2. The van der Waals surface area contributed by atoms with E-state index in [9.17, 15) is 4.79 Å². The summed E-state index contributed by atoms with van der Waals surface area (Å²) < 4.78 is 3.35. The third-order valence-electron chi connectivity index (χ3n) is 3.93. The van der Waals surface area contributed by atoms with Crippen LogP contribution in [0.5, 0.6) is 0 Å². The average Bonchev–Trinajstić information content (AvgIpc) is 3.05. The van der Waals surface area contributed by atoms with E-state index in [2.05, 4.69) is 15.5 Å². The fourth-order valence-corrected chi connectivity index (χ4v) is 2.92. The molecule has 0 saturated carbocycles. The van der Waals surface area contributed by atoms with Gasteiger partial charge in [0.15, 0.2) is 0 Å². The second-order valence-corrected chi connectivity index (χ2v) is 6.41. The van der Waals surface area contributed by atoms with Gasteiger partial charge in [0.1, 0.15) is 11.0 Å². The summed E-state index contributed by atoms with van der Waals surface area (Å²) in [7, 11) is 1.76. The molecule has 0 saturated heterocycles. The number of hydrogen-bond donors (Lipinski definition) is 1. The van der Waals surface area contributed by atoms with Crippen molar-refractivity contribution in [3.63, 3.8) is 0 Å². The Kier molecular flexibility index (Phi) is 5.23. The van der Waals surface area contributed by atoms with Crippen molar-refractivity contribution < 1.29 is 4.79 Å². The predicted molar refractivity (Wildman–Crippen MR) is 103 cm³/mol. The molecular weight excluding hydrogens is 350 g/mol. The van der Waals surface area contributed by atoms with Gasteiger partial charge in [-0.15, -0.1) is 0 Å². The maximum atomic E-state index is 12.3. The third-order valence-corrected chi connectivity index (χ3v) is 4.37. The molecule has 1 amide bonds. The summed E-state index contributed by atoms with van der Waals surface area (Å²) in [6.07, 6.45) is 3.12. The first-order valence-electron chi connectivity index (χ1n) is 8.20. The van der Waals surface area contributed by atoms with Gasteiger partial charge in [-0.25, -0.2) is 4.68 Å². The van der Waals surface area contributed by atoms with Gasteiger partial charge in [-0.05, 0) is 25.5 Å². The van der Waals surface area contributed by atoms with Gasteiger partial charge < -0.3 is 5.32 Å². The highest BCUT2D eigenvalue weighted by Gasteiger charge is 2.10. The van der Waals surface area contributed by atoms with Gasteiger partial charge in [-0.1, -0.05) is 41.9 Å². The first kappa shape index (κ1) is 17.9. The van der Waals surface area contributed by atoms with Gasteiger partial charge in [0.2, 0.25) is 5.91 Å². The van der Waals surface area contributed by atoms with Gasteiger partial charge in [0, 0.05) is 24.8 Å². The van der Waals surface area contributed by atoms with E-state index in [1.807, 2.05) is 50.2 Å². The van der Waals surface area contributed by atoms with Crippen LogP contribution in [0.4, 0.5) is 5.82 Å². The van der Waals surface area contributed by atoms with Crippen molar-refractivity contribution in [2.75, 3.05) is 5.32 Å². The first-order valence-corrected chi connectivity index (χ1v) is 8.58. The topological polar surface area (TPSA) is 64.7 Å². The lowest BCUT2D eigenvalue weighted by Gasteiger charge is -2.07. The van der Waals surface area contributed by atoms with Crippen LogP contribution in [0.15, 0.2) is 42.5 Å². The number of anilines is 1. The van der Waals surface area contributed by atoms with Crippen LogP contribution in [-0.2, 0) is 18.4 Å². The number of rotatable bonds is 5. The molecule has 0 fully saturated rings. The van der Waals surface area contributed by atoms with Gasteiger partial charge in [0.05, 0.1) is 17.9 Å². The molecule has 2 aromatic heterocycles. The molecule has 6 nitrogen and oxygen atoms in total. The summed E-state index contributed by atoms with van der Waals surface area (Å²) in [6.45, 7) is 4.33. The highest BCUT2D eigenvalue weighted by molar-refractivity contribution is 6.31. The van der Waals surface area contributed by atoms with E-state index in [-0.39, 0.29) is 5.91 Å². The molecule has 0 atom stereocenters. The molecule has 134 valence electrons. The molecule has 0 bridgehead atoms. The molecule has 0 spiro atoms. The standard InChI is InChI=1S/C19H20ClN5O/c1-13-11-17(25(22-13)12-15-7-5-4-6-8-15)21-18(26)10-9-16-14(2)23-24(3)19(16)20/h4-11H,12H2,1-3H3,(H,21,26)/b10-9+. The molecule has 3 aromatic rings. The smallest absolute Gasteiger partial charge is 0.249 e. The van der Waals surface area contributed by atoms with E-state index in [1.165, 1.54) is 6.08 Å². The fourth-order valence-electron chi connectivity index (χ4n) is 2.69. The van der Waals surface area contributed by atoms with Crippen LogP contribution >= 0.6 is 11.6 Å². The van der Waals surface area contributed by atoms with Crippen molar-refractivity contribution in [1.29, 1.82) is 0 Å². The molecule has 0 unspecified atom stereocenters. The zero-order chi connectivity index (χ0) is 18.7. The van der Waals surface area contributed by atoms with Crippen molar-refractivity contribution >= 4 is 29.4 Å². The Morgan fingerprint density at radius 1 is 1.23 bits per heavy atom. The Bertz CT molecular complexity index is 956. The van der Waals surface area contributed by atoms with Crippen molar-refractivity contribution in [3.05, 3.63) is 70.1 Å². The summed E-state index contributed by atoms with van der Waals surface area (Å²) >= 11 is 6.18. The minimum Gasteiger partial charge on any atom is -0.307 e. The monoisotopic (exact) mass is 369 g/mol. The molecule has 1 N–H and O–H groups in total. The van der Waals surface area contributed by atoms with Crippen molar-refractivity contribution in [2.24, 2.45) is 7.05 Å². The number of hydrogen-bond acceptors (Lipinski definition) is 3. The Morgan fingerprint density at radius 3 is 2.62 bits per heavy atom. The van der Waals surface area contributed by atoms with E-state index >= 15 is 0 Å². The fraction of sp³-hybridized carbons (Fsp3) is 0.211. The van der Waals surface area contributed by atoms with E-state index < -0.39 is 0 Å². The quantitative estimate of drug-likeness (QED) is 0.699. The number of halogens is 1. The largest absolute Gasteiger partial charge is 0.307 e. The number of aromatic nitrogens is 4. The molecule has 2 heterocycles. The lowest BCUT2D eigenvalue weighted by Crippen LogP contribution is -2.13. The number of benzene rings is 1. The minimum absolute atomic E-state index is 0.251. The van der Waals surface area contributed by atoms with Gasteiger partial charge in [0.25, 0.3) is 0 Å². The molecule has 7 heteroatoms. The summed E-state index contributed by atoms with van der Waals surface area (Å²) in [5.74, 6) is 0.397. The van der Waals surface area contributed by atoms with Crippen LogP contribution in [0, 0.1) is 13.8 Å². The lowest BCUT2D eigenvalue weighted by atomic mass is 10.2. The van der Waals surface area contributed by atoms with Gasteiger partial charge >= 0.3 is 0 Å². The van der Waals surface area contributed by atoms with Crippen LogP contribution in [-0.4, -0.2) is 25.5 Å². The number of carbonyl (C=O) groups excluding carboxylic acids is 1. The number of nitrogens with one attached hydrogen (secondary N) is 1. The van der Waals surface area contributed by atoms with E-state index in [1.54, 1.807) is 22.5 Å². The predicted octanol–water partition coefficient (Wildman–Crippen LogP) is 3.59. The van der Waals surface area contributed by atoms with Gasteiger partial charge in [-0.2, -0.15) is 10.2 Å². The number of aryl methyl sites for hydroxylation is 3. The molecule has 0 aliphatic rings. The third kappa shape index (κ3) is 4.03. The molecule has 0 aliphatic heterocycles. The van der Waals surface area contributed by atoms with Crippen LogP contribution in [0.1, 0.15) is 22.5 Å². The Balaban J connectivity index is 1.74. The summed E-state index contributed by atoms with van der Waals surface area (Å²) in [4.78, 5) is 12.3. The Hall–Kier alpha value is -2.86. The highest BCUT2D eigenvalue weighted by atomic mass is 35.5. The van der Waals surface area contributed by atoms with E-state index in [4.69, 9.17) is 11.6 Å². The van der Waals surface area contributed by atoms with Crippen LogP contribution in [0.25, 0.3) is 6.08 Å². The van der Waals surface area contributed by atoms with E-state index in [0.29, 0.717) is 17.5 Å². The number of nitrogens with zero attached hydrogens (tertiary/aromatic N) is 4. The number of carbonyl (C=O) groups is 1. The minimum atomic E-state index is -0.251. The Labute approximate surface area is 157 Å². The van der Waals surface area contributed by atoms with Crippen LogP contribution in [0.2, 0.25) is 5.15 Å². The average molecular weight is 370 g/mol. The van der Waals surface area contributed by atoms with Crippen LogP contribution in [0.3, 0.4) is 0 Å². The van der Waals surface area contributed by atoms with Crippen LogP contribution < -0.4 is 5.32 Å². The first-order chi connectivity index (χ1) is 12.4. The Morgan fingerprint density at radius 2 is 1.96 bits per heavy atom. The van der Waals surface area contributed by atoms with Gasteiger partial charge in [-0.3, -0.25) is 9.48 Å². The summed E-state index contributed by atoms with van der Waals surface area (Å²) in [5.41, 5.74) is 3.45. The summed E-state index contributed by atoms with van der Waals surface area (Å²) in [6, 6.07) is 11.8. The molecule has 0 aliphatic carbocycles. The van der Waals surface area contributed by atoms with E-state index in [0.717, 1.165) is 22.5 Å². The van der Waals surface area contributed by atoms with Crippen molar-refractivity contribution in [2.45, 2.75) is 20.4 Å². The zero-order valence-corrected chi connectivity index (χ0v) is 15.7. The maximum Gasteiger partial charge on any atom is 0.249 e. The molecular formula is C19H20ClN5O. The molecule has 3 rings (SSSR count). The maximum absolute atomic E-state index is 12.3. The molecule has 1 aromatic carbocycles. The highest BCUT2D eigenvalue weighted by Crippen LogP contribution is 2.20. The zero-order valence-electron chi connectivity index (χ0n) is 14.9. The molecule has 26 heavy (non-hydrogen) atoms. The lowest BCUT2D eigenvalue weighted by molar-refractivity contribution is -0.111. The molecule has 0 radical (unpaired) electrons. The second kappa shape index (κ2) is 7.58. The van der Waals surface area contributed by atoms with Crippen molar-refractivity contribution in [3.8, 4) is 0 Å². The SMILES string of the molecule is Cc1cc(NC(=O)/C=C/c2c(C)nn(C)c2Cl)n(Cc2ccccc2)n1. The second-order valence-electron chi connectivity index (χ2n) is 6.05. The van der Waals surface area contributed by atoms with Crippen molar-refractivity contribution in [1.82, 2.24) is 19.6 Å². The summed E-state index contributed by atoms with van der Waals surface area (Å²) in [5, 5.41) is 12.0. The number of amides is 1.